The lowest BCUT2D eigenvalue weighted by Gasteiger charge is -2.20. The van der Waals surface area contributed by atoms with Gasteiger partial charge in [-0.15, -0.1) is 0 Å². The SMILES string of the molecule is CCN(CC)S(=O)(=O)c1cc(OC)c(OC)cc1Br. The largest absolute Gasteiger partial charge is 0.493 e. The molecule has 0 bridgehead atoms. The van der Waals surface area contributed by atoms with Crippen molar-refractivity contribution in [1.82, 2.24) is 4.31 Å². The number of nitrogens with zero attached hydrogens (tertiary/aromatic N) is 1. The van der Waals surface area contributed by atoms with Crippen molar-refractivity contribution in [1.29, 1.82) is 0 Å². The lowest BCUT2D eigenvalue weighted by atomic mass is 10.3. The average Bonchev–Trinajstić information content (AvgIpc) is 2.39. The van der Waals surface area contributed by atoms with Crippen molar-refractivity contribution in [3.8, 4) is 11.5 Å². The first-order chi connectivity index (χ1) is 8.92. The fraction of sp³-hybridized carbons (Fsp3) is 0.500. The molecule has 108 valence electrons. The molecular weight excluding hydrogens is 334 g/mol. The first-order valence-corrected chi connectivity index (χ1v) is 8.07. The molecule has 7 heteroatoms. The Hall–Kier alpha value is -0.790. The van der Waals surface area contributed by atoms with Gasteiger partial charge in [-0.25, -0.2) is 8.42 Å². The van der Waals surface area contributed by atoms with Gasteiger partial charge in [-0.05, 0) is 22.0 Å². The molecule has 19 heavy (non-hydrogen) atoms. The molecule has 0 heterocycles. The third-order valence-electron chi connectivity index (χ3n) is 2.76. The van der Waals surface area contributed by atoms with Crippen molar-refractivity contribution >= 4 is 26.0 Å². The third-order valence-corrected chi connectivity index (χ3v) is 5.77. The Bertz CT molecular complexity index is 541. The van der Waals surface area contributed by atoms with Crippen LogP contribution in [0.5, 0.6) is 11.5 Å². The smallest absolute Gasteiger partial charge is 0.244 e. The molecule has 0 saturated heterocycles. The average molecular weight is 352 g/mol. The second kappa shape index (κ2) is 6.58. The van der Waals surface area contributed by atoms with E-state index in [1.165, 1.54) is 24.6 Å². The number of hydrogen-bond acceptors (Lipinski definition) is 4. The molecule has 1 rings (SSSR count). The molecule has 0 aliphatic carbocycles. The molecule has 5 nitrogen and oxygen atoms in total. The molecule has 1 aromatic carbocycles. The molecule has 1 aromatic rings. The van der Waals surface area contributed by atoms with Gasteiger partial charge in [0.1, 0.15) is 4.90 Å². The van der Waals surface area contributed by atoms with Crippen LogP contribution in [-0.4, -0.2) is 40.0 Å². The monoisotopic (exact) mass is 351 g/mol. The van der Waals surface area contributed by atoms with Gasteiger partial charge < -0.3 is 9.47 Å². The van der Waals surface area contributed by atoms with Gasteiger partial charge in [-0.3, -0.25) is 0 Å². The predicted octanol–water partition coefficient (Wildman–Crippen LogP) is 2.50. The Labute approximate surface area is 122 Å². The molecule has 0 aromatic heterocycles. The number of ether oxygens (including phenoxy) is 2. The van der Waals surface area contributed by atoms with E-state index in [-0.39, 0.29) is 4.90 Å². The standard InChI is InChI=1S/C12H18BrNO4S/c1-5-14(6-2)19(15,16)12-8-11(18-4)10(17-3)7-9(12)13/h7-8H,5-6H2,1-4H3. The number of sulfonamides is 1. The topological polar surface area (TPSA) is 55.8 Å². The van der Waals surface area contributed by atoms with Crippen molar-refractivity contribution in [3.63, 3.8) is 0 Å². The third kappa shape index (κ3) is 3.21. The van der Waals surface area contributed by atoms with Gasteiger partial charge in [-0.1, -0.05) is 13.8 Å². The quantitative estimate of drug-likeness (QED) is 0.789. The van der Waals surface area contributed by atoms with Crippen molar-refractivity contribution in [2.45, 2.75) is 18.7 Å². The maximum Gasteiger partial charge on any atom is 0.244 e. The second-order valence-electron chi connectivity index (χ2n) is 3.73. The summed E-state index contributed by atoms with van der Waals surface area (Å²) in [5.74, 6) is 0.865. The van der Waals surface area contributed by atoms with E-state index < -0.39 is 10.0 Å². The van der Waals surface area contributed by atoms with E-state index in [4.69, 9.17) is 9.47 Å². The summed E-state index contributed by atoms with van der Waals surface area (Å²) in [6, 6.07) is 3.06. The fourth-order valence-electron chi connectivity index (χ4n) is 1.74. The molecule has 0 radical (unpaired) electrons. The van der Waals surface area contributed by atoms with E-state index in [9.17, 15) is 8.42 Å². The Balaban J connectivity index is 3.43. The van der Waals surface area contributed by atoms with Crippen LogP contribution in [0.2, 0.25) is 0 Å². The lowest BCUT2D eigenvalue weighted by Crippen LogP contribution is -2.30. The van der Waals surface area contributed by atoms with Gasteiger partial charge >= 0.3 is 0 Å². The Morgan fingerprint density at radius 1 is 1.11 bits per heavy atom. The van der Waals surface area contributed by atoms with Gasteiger partial charge in [0.15, 0.2) is 11.5 Å². The molecule has 0 aliphatic rings. The summed E-state index contributed by atoms with van der Waals surface area (Å²) in [5, 5.41) is 0. The number of hydrogen-bond donors (Lipinski definition) is 0. The highest BCUT2D eigenvalue weighted by molar-refractivity contribution is 9.10. The molecule has 0 fully saturated rings. The van der Waals surface area contributed by atoms with Crippen LogP contribution in [0, 0.1) is 0 Å². The van der Waals surface area contributed by atoms with Gasteiger partial charge in [0, 0.05) is 23.6 Å². The maximum atomic E-state index is 12.5. The minimum absolute atomic E-state index is 0.175. The summed E-state index contributed by atoms with van der Waals surface area (Å²) in [6.07, 6.45) is 0. The Kier molecular flexibility index (Phi) is 5.64. The van der Waals surface area contributed by atoms with Gasteiger partial charge in [0.2, 0.25) is 10.0 Å². The fourth-order valence-corrected chi connectivity index (χ4v) is 4.19. The van der Waals surface area contributed by atoms with E-state index in [1.54, 1.807) is 19.9 Å². The highest BCUT2D eigenvalue weighted by atomic mass is 79.9. The van der Waals surface area contributed by atoms with Crippen LogP contribution in [-0.2, 0) is 10.0 Å². The van der Waals surface area contributed by atoms with Gasteiger partial charge in [-0.2, -0.15) is 4.31 Å². The predicted molar refractivity (Wildman–Crippen MR) is 77.4 cm³/mol. The highest BCUT2D eigenvalue weighted by Gasteiger charge is 2.26. The van der Waals surface area contributed by atoms with Crippen LogP contribution < -0.4 is 9.47 Å². The van der Waals surface area contributed by atoms with E-state index in [0.717, 1.165) is 0 Å². The zero-order valence-corrected chi connectivity index (χ0v) is 13.8. The van der Waals surface area contributed by atoms with Crippen molar-refractivity contribution in [3.05, 3.63) is 16.6 Å². The zero-order valence-electron chi connectivity index (χ0n) is 11.4. The van der Waals surface area contributed by atoms with Crippen molar-refractivity contribution in [2.75, 3.05) is 27.3 Å². The second-order valence-corrected chi connectivity index (χ2v) is 6.49. The van der Waals surface area contributed by atoms with E-state index in [1.807, 2.05) is 0 Å². The number of halogens is 1. The first-order valence-electron chi connectivity index (χ1n) is 5.84. The Morgan fingerprint density at radius 3 is 2.00 bits per heavy atom. The lowest BCUT2D eigenvalue weighted by molar-refractivity contribution is 0.353. The number of benzene rings is 1. The van der Waals surface area contributed by atoms with Crippen molar-refractivity contribution < 1.29 is 17.9 Å². The summed E-state index contributed by atoms with van der Waals surface area (Å²) in [7, 11) is -0.564. The molecular formula is C12H18BrNO4S. The van der Waals surface area contributed by atoms with E-state index in [0.29, 0.717) is 29.1 Å². The van der Waals surface area contributed by atoms with Gasteiger partial charge in [0.25, 0.3) is 0 Å². The van der Waals surface area contributed by atoms with Crippen molar-refractivity contribution in [2.24, 2.45) is 0 Å². The normalized spacial score (nSPS) is 11.7. The molecule has 0 spiro atoms. The van der Waals surface area contributed by atoms with Crippen LogP contribution in [0.25, 0.3) is 0 Å². The Morgan fingerprint density at radius 2 is 1.58 bits per heavy atom. The van der Waals surface area contributed by atoms with Crippen LogP contribution in [0.3, 0.4) is 0 Å². The minimum Gasteiger partial charge on any atom is -0.493 e. The maximum absolute atomic E-state index is 12.5. The first kappa shape index (κ1) is 16.3. The summed E-state index contributed by atoms with van der Waals surface area (Å²) in [4.78, 5) is 0.175. The highest BCUT2D eigenvalue weighted by Crippen LogP contribution is 2.36. The molecule has 0 unspecified atom stereocenters. The zero-order chi connectivity index (χ0) is 14.6. The molecule has 0 atom stereocenters. The molecule has 0 N–H and O–H groups in total. The molecule has 0 amide bonds. The summed E-state index contributed by atoms with van der Waals surface area (Å²) in [6.45, 7) is 4.44. The van der Waals surface area contributed by atoms with Crippen LogP contribution in [0.1, 0.15) is 13.8 Å². The van der Waals surface area contributed by atoms with Crippen LogP contribution in [0.4, 0.5) is 0 Å². The van der Waals surface area contributed by atoms with E-state index in [2.05, 4.69) is 15.9 Å². The summed E-state index contributed by atoms with van der Waals surface area (Å²) >= 11 is 3.27. The van der Waals surface area contributed by atoms with Crippen LogP contribution >= 0.6 is 15.9 Å². The number of rotatable bonds is 6. The molecule has 0 aliphatic heterocycles. The molecule has 0 saturated carbocycles. The van der Waals surface area contributed by atoms with Crippen LogP contribution in [0.15, 0.2) is 21.5 Å². The number of methoxy groups -OCH3 is 2. The van der Waals surface area contributed by atoms with Gasteiger partial charge in [0.05, 0.1) is 14.2 Å². The van der Waals surface area contributed by atoms with E-state index >= 15 is 0 Å². The minimum atomic E-state index is -3.54. The summed E-state index contributed by atoms with van der Waals surface area (Å²) < 4.78 is 37.1. The summed E-state index contributed by atoms with van der Waals surface area (Å²) in [5.41, 5.74) is 0.